The normalized spacial score (nSPS) is 14.6. The minimum absolute atomic E-state index is 0.0660. The summed E-state index contributed by atoms with van der Waals surface area (Å²) in [6, 6.07) is 15.5. The van der Waals surface area contributed by atoms with Crippen LogP contribution in [0.15, 0.2) is 54.9 Å². The number of carbonyl (C=O) groups is 1. The van der Waals surface area contributed by atoms with Gasteiger partial charge in [-0.15, -0.1) is 5.10 Å². The smallest absolute Gasteiger partial charge is 0.262 e. The Hall–Kier alpha value is -3.22. The lowest BCUT2D eigenvalue weighted by molar-refractivity contribution is -0.118. The number of tetrazole rings is 1. The molecule has 1 fully saturated rings. The van der Waals surface area contributed by atoms with Gasteiger partial charge in [-0.05, 0) is 59.0 Å². The Morgan fingerprint density at radius 3 is 2.68 bits per heavy atom. The molecule has 0 unspecified atom stereocenters. The van der Waals surface area contributed by atoms with Crippen molar-refractivity contribution in [2.45, 2.75) is 38.0 Å². The second kappa shape index (κ2) is 8.65. The third-order valence-corrected chi connectivity index (χ3v) is 5.07. The van der Waals surface area contributed by atoms with Crippen molar-refractivity contribution in [3.05, 3.63) is 60.4 Å². The molecule has 1 aliphatic carbocycles. The van der Waals surface area contributed by atoms with E-state index in [1.165, 1.54) is 48.7 Å². The molecule has 3 aromatic rings. The minimum Gasteiger partial charge on any atom is -0.484 e. The van der Waals surface area contributed by atoms with Crippen LogP contribution in [0, 0.1) is 0 Å². The molecule has 0 radical (unpaired) electrons. The van der Waals surface area contributed by atoms with Crippen molar-refractivity contribution in [2.75, 3.05) is 11.9 Å². The summed E-state index contributed by atoms with van der Waals surface area (Å²) in [5.74, 6) is 1.04. The van der Waals surface area contributed by atoms with Crippen molar-refractivity contribution in [1.82, 2.24) is 20.2 Å². The number of hydrogen-bond acceptors (Lipinski definition) is 5. The predicted octanol–water partition coefficient (Wildman–Crippen LogP) is 3.73. The summed E-state index contributed by atoms with van der Waals surface area (Å²) < 4.78 is 7.13. The molecule has 7 nitrogen and oxygen atoms in total. The summed E-state index contributed by atoms with van der Waals surface area (Å²) in [5, 5.41) is 13.9. The summed E-state index contributed by atoms with van der Waals surface area (Å²) in [4.78, 5) is 12.2. The van der Waals surface area contributed by atoms with Gasteiger partial charge in [0.05, 0.1) is 5.69 Å². The van der Waals surface area contributed by atoms with Crippen molar-refractivity contribution in [2.24, 2.45) is 0 Å². The molecule has 1 heterocycles. The Labute approximate surface area is 163 Å². The van der Waals surface area contributed by atoms with Gasteiger partial charge < -0.3 is 10.1 Å². The Morgan fingerprint density at radius 2 is 1.93 bits per heavy atom. The van der Waals surface area contributed by atoms with Crippen molar-refractivity contribution in [3.63, 3.8) is 0 Å². The van der Waals surface area contributed by atoms with Crippen LogP contribution in [0.5, 0.6) is 5.75 Å². The van der Waals surface area contributed by atoms with E-state index in [2.05, 4.69) is 33.0 Å². The summed E-state index contributed by atoms with van der Waals surface area (Å²) in [5.41, 5.74) is 2.92. The molecule has 1 amide bonds. The number of carbonyl (C=O) groups excluding carboxylic acids is 1. The molecule has 0 saturated heterocycles. The first-order chi connectivity index (χ1) is 13.8. The Bertz CT molecular complexity index is 903. The Morgan fingerprint density at radius 1 is 1.11 bits per heavy atom. The number of rotatable bonds is 6. The van der Waals surface area contributed by atoms with Crippen LogP contribution in [0.4, 0.5) is 5.69 Å². The van der Waals surface area contributed by atoms with Crippen molar-refractivity contribution < 1.29 is 9.53 Å². The number of anilines is 1. The first-order valence-electron chi connectivity index (χ1n) is 9.64. The highest BCUT2D eigenvalue weighted by molar-refractivity contribution is 5.91. The van der Waals surface area contributed by atoms with E-state index >= 15 is 0 Å². The molecule has 0 bridgehead atoms. The van der Waals surface area contributed by atoms with Crippen LogP contribution >= 0.6 is 0 Å². The Balaban J connectivity index is 1.30. The molecule has 1 aliphatic rings. The van der Waals surface area contributed by atoms with Gasteiger partial charge in [-0.3, -0.25) is 4.79 Å². The number of nitrogens with one attached hydrogen (secondary N) is 1. The molecular weight excluding hydrogens is 354 g/mol. The third kappa shape index (κ3) is 4.54. The largest absolute Gasteiger partial charge is 0.484 e. The molecule has 144 valence electrons. The maximum absolute atomic E-state index is 12.2. The maximum atomic E-state index is 12.2. The fraction of sp³-hybridized carbons (Fsp3) is 0.333. The Kier molecular flexibility index (Phi) is 5.61. The van der Waals surface area contributed by atoms with Crippen LogP contribution in [0.25, 0.3) is 5.69 Å². The number of aromatic nitrogens is 4. The molecule has 0 atom stereocenters. The van der Waals surface area contributed by atoms with E-state index in [0.29, 0.717) is 11.7 Å². The van der Waals surface area contributed by atoms with E-state index in [0.717, 1.165) is 11.4 Å². The fourth-order valence-electron chi connectivity index (χ4n) is 3.62. The number of hydrogen-bond donors (Lipinski definition) is 1. The van der Waals surface area contributed by atoms with E-state index in [9.17, 15) is 4.79 Å². The van der Waals surface area contributed by atoms with Gasteiger partial charge in [0.15, 0.2) is 6.61 Å². The monoisotopic (exact) mass is 377 g/mol. The quantitative estimate of drug-likeness (QED) is 0.708. The van der Waals surface area contributed by atoms with Crippen molar-refractivity contribution in [3.8, 4) is 11.4 Å². The van der Waals surface area contributed by atoms with Crippen LogP contribution in [-0.2, 0) is 4.79 Å². The predicted molar refractivity (Wildman–Crippen MR) is 106 cm³/mol. The number of ether oxygens (including phenoxy) is 1. The van der Waals surface area contributed by atoms with Gasteiger partial charge >= 0.3 is 0 Å². The molecule has 1 saturated carbocycles. The molecule has 1 aromatic heterocycles. The van der Waals surface area contributed by atoms with E-state index in [1.807, 2.05) is 24.3 Å². The van der Waals surface area contributed by atoms with E-state index in [-0.39, 0.29) is 12.5 Å². The number of nitrogens with zero attached hydrogens (tertiary/aromatic N) is 4. The van der Waals surface area contributed by atoms with E-state index in [1.54, 1.807) is 12.1 Å². The first kappa shape index (κ1) is 18.2. The van der Waals surface area contributed by atoms with Crippen molar-refractivity contribution in [1.29, 1.82) is 0 Å². The minimum atomic E-state index is -0.196. The summed E-state index contributed by atoms with van der Waals surface area (Å²) in [6.07, 6.45) is 8.02. The SMILES string of the molecule is O=C(COc1cccc(-n2cnnn2)c1)Nc1ccc(C2CCCCC2)cc1. The zero-order valence-electron chi connectivity index (χ0n) is 15.6. The lowest BCUT2D eigenvalue weighted by atomic mass is 9.84. The zero-order valence-corrected chi connectivity index (χ0v) is 15.6. The molecule has 0 spiro atoms. The maximum Gasteiger partial charge on any atom is 0.262 e. The number of amides is 1. The third-order valence-electron chi connectivity index (χ3n) is 5.07. The number of benzene rings is 2. The van der Waals surface area contributed by atoms with E-state index in [4.69, 9.17) is 4.74 Å². The lowest BCUT2D eigenvalue weighted by Gasteiger charge is -2.22. The van der Waals surface area contributed by atoms with Crippen LogP contribution in [0.1, 0.15) is 43.6 Å². The fourth-order valence-corrected chi connectivity index (χ4v) is 3.62. The molecule has 28 heavy (non-hydrogen) atoms. The summed E-state index contributed by atoms with van der Waals surface area (Å²) >= 11 is 0. The van der Waals surface area contributed by atoms with Gasteiger partial charge in [-0.2, -0.15) is 0 Å². The topological polar surface area (TPSA) is 81.9 Å². The zero-order chi connectivity index (χ0) is 19.2. The molecule has 7 heteroatoms. The van der Waals surface area contributed by atoms with E-state index < -0.39 is 0 Å². The molecule has 1 N–H and O–H groups in total. The standard InChI is InChI=1S/C21H23N5O2/c27-21(14-28-20-8-4-7-19(13-20)26-15-22-24-25-26)23-18-11-9-17(10-12-18)16-5-2-1-3-6-16/h4,7-13,15-16H,1-3,5-6,14H2,(H,23,27). The highest BCUT2D eigenvalue weighted by Gasteiger charge is 2.15. The van der Waals surface area contributed by atoms with Crippen LogP contribution in [0.2, 0.25) is 0 Å². The first-order valence-corrected chi connectivity index (χ1v) is 9.64. The van der Waals surface area contributed by atoms with Crippen LogP contribution in [0.3, 0.4) is 0 Å². The highest BCUT2D eigenvalue weighted by atomic mass is 16.5. The van der Waals surface area contributed by atoms with Gasteiger partial charge in [-0.25, -0.2) is 4.68 Å². The molecule has 0 aliphatic heterocycles. The molecular formula is C21H23N5O2. The summed E-state index contributed by atoms with van der Waals surface area (Å²) in [7, 11) is 0. The van der Waals surface area contributed by atoms with Gasteiger partial charge in [0.25, 0.3) is 5.91 Å². The average molecular weight is 377 g/mol. The highest BCUT2D eigenvalue weighted by Crippen LogP contribution is 2.32. The van der Waals surface area contributed by atoms with Gasteiger partial charge in [-0.1, -0.05) is 37.5 Å². The van der Waals surface area contributed by atoms with Crippen LogP contribution < -0.4 is 10.1 Å². The molecule has 4 rings (SSSR count). The van der Waals surface area contributed by atoms with Crippen molar-refractivity contribution >= 4 is 11.6 Å². The van der Waals surface area contributed by atoms with Gasteiger partial charge in [0, 0.05) is 11.8 Å². The lowest BCUT2D eigenvalue weighted by Crippen LogP contribution is -2.20. The second-order valence-electron chi connectivity index (χ2n) is 7.05. The second-order valence-corrected chi connectivity index (χ2v) is 7.05. The van der Waals surface area contributed by atoms with Crippen LogP contribution in [-0.4, -0.2) is 32.7 Å². The summed E-state index contributed by atoms with van der Waals surface area (Å²) in [6.45, 7) is -0.0660. The van der Waals surface area contributed by atoms with Gasteiger partial charge in [0.2, 0.25) is 0 Å². The average Bonchev–Trinajstić information content (AvgIpc) is 3.29. The van der Waals surface area contributed by atoms with Gasteiger partial charge in [0.1, 0.15) is 12.1 Å². The molecule has 2 aromatic carbocycles.